The molecule has 0 amide bonds. The number of ether oxygens (including phenoxy) is 4. The Labute approximate surface area is 238 Å². The van der Waals surface area contributed by atoms with Gasteiger partial charge in [0.15, 0.2) is 18.2 Å². The van der Waals surface area contributed by atoms with Crippen molar-refractivity contribution in [3.8, 4) is 0 Å². The normalized spacial score (nSPS) is 35.3. The maximum atomic E-state index is 13.0. The number of hydrogen-bond acceptors (Lipinski definition) is 9. The number of Topliss-reactive ketones (excluding diaryl/α,β-unsaturated/α-hetero) is 1. The van der Waals surface area contributed by atoms with E-state index >= 15 is 0 Å². The summed E-state index contributed by atoms with van der Waals surface area (Å²) < 4.78 is 33.3. The van der Waals surface area contributed by atoms with Crippen LogP contribution < -0.4 is 5.31 Å². The number of hydrogen-bond donors (Lipinski definition) is 2. The summed E-state index contributed by atoms with van der Waals surface area (Å²) in [5.41, 5.74) is -0.163. The molecular formula is C29H38NO7PS. The molecule has 2 saturated heterocycles. The van der Waals surface area contributed by atoms with E-state index in [2.05, 4.69) is 9.24 Å². The van der Waals surface area contributed by atoms with E-state index in [0.717, 1.165) is 4.90 Å². The molecule has 0 aliphatic carbocycles. The van der Waals surface area contributed by atoms with Crippen LogP contribution in [-0.2, 0) is 23.7 Å². The highest BCUT2D eigenvalue weighted by Gasteiger charge is 2.51. The van der Waals surface area contributed by atoms with Gasteiger partial charge in [0.2, 0.25) is 0 Å². The van der Waals surface area contributed by atoms with E-state index in [4.69, 9.17) is 20.4 Å². The van der Waals surface area contributed by atoms with Gasteiger partial charge in [-0.15, -0.1) is 9.24 Å². The Morgan fingerprint density at radius 3 is 2.28 bits per heavy atom. The lowest BCUT2D eigenvalue weighted by molar-refractivity contribution is -0.306. The summed E-state index contributed by atoms with van der Waals surface area (Å²) in [6.45, 7) is 7.03. The minimum Gasteiger partial charge on any atom is -0.453 e. The van der Waals surface area contributed by atoms with Crippen LogP contribution in [-0.4, -0.2) is 71.4 Å². The van der Waals surface area contributed by atoms with Crippen LogP contribution in [0.4, 0.5) is 0 Å². The first-order chi connectivity index (χ1) is 19.1. The van der Waals surface area contributed by atoms with Crippen LogP contribution in [0.15, 0.2) is 65.6 Å². The summed E-state index contributed by atoms with van der Waals surface area (Å²) in [5, 5.41) is 12.9. The summed E-state index contributed by atoms with van der Waals surface area (Å²) in [6.07, 6.45) is -5.11. The summed E-state index contributed by atoms with van der Waals surface area (Å²) in [5.74, 6) is -1.22. The van der Waals surface area contributed by atoms with Crippen molar-refractivity contribution in [3.05, 3.63) is 66.2 Å². The highest BCUT2D eigenvalue weighted by Crippen LogP contribution is 2.38. The monoisotopic (exact) mass is 577 g/mol. The second kappa shape index (κ2) is 13.7. The number of carbonyl (C=O) groups is 2. The number of esters is 1. The van der Waals surface area contributed by atoms with Crippen LogP contribution in [0.1, 0.15) is 38.1 Å². The molecule has 10 heteroatoms. The summed E-state index contributed by atoms with van der Waals surface area (Å²) in [4.78, 5) is 26.5. The van der Waals surface area contributed by atoms with E-state index in [0.29, 0.717) is 5.56 Å². The predicted molar refractivity (Wildman–Crippen MR) is 152 cm³/mol. The number of ketones is 1. The number of thioether (sulfide) groups is 1. The molecule has 0 radical (unpaired) electrons. The first kappa shape index (κ1) is 28.7. The Morgan fingerprint density at radius 2 is 1.67 bits per heavy atom. The van der Waals surface area contributed by atoms with E-state index in [-0.39, 0.29) is 23.9 Å². The van der Waals surface area contributed by atoms with E-state index < -0.39 is 54.3 Å². The van der Waals surface area contributed by atoms with Gasteiger partial charge in [0, 0.05) is 17.1 Å². The molecule has 212 valence electrons. The Balaban J connectivity index is 1.59. The second-order valence-electron chi connectivity index (χ2n) is 10.1. The quantitative estimate of drug-likeness (QED) is 0.340. The van der Waals surface area contributed by atoms with Crippen molar-refractivity contribution in [2.75, 3.05) is 6.29 Å². The van der Waals surface area contributed by atoms with Crippen molar-refractivity contribution in [3.63, 3.8) is 0 Å². The topological polar surface area (TPSA) is 103 Å². The second-order valence-corrected chi connectivity index (χ2v) is 11.6. The first-order valence-corrected chi connectivity index (χ1v) is 14.9. The van der Waals surface area contributed by atoms with E-state index in [1.54, 1.807) is 31.2 Å². The number of carbonyl (C=O) groups excluding carboxylic acids is 2. The van der Waals surface area contributed by atoms with Crippen LogP contribution in [0.25, 0.3) is 0 Å². The molecule has 2 fully saturated rings. The van der Waals surface area contributed by atoms with Crippen molar-refractivity contribution < 1.29 is 35.1 Å². The van der Waals surface area contributed by atoms with Gasteiger partial charge < -0.3 is 29.4 Å². The van der Waals surface area contributed by atoms with Crippen molar-refractivity contribution >= 4 is 32.8 Å². The molecule has 2 aromatic carbocycles. The third-order valence-corrected chi connectivity index (χ3v) is 8.78. The van der Waals surface area contributed by atoms with Gasteiger partial charge in [0.05, 0.1) is 17.7 Å². The zero-order valence-electron chi connectivity index (χ0n) is 23.6. The number of aliphatic hydroxyl groups is 1. The standard InChI is InChI=1S/C29H38NO7PS/c1-16-17(2)25(35-27(33)20-11-7-5-8-12-20)28(36-24(16)18(3)31)37-26-19(4)34-29(22(23(26)32)30-15-38)39-21-13-9-6-10-14-21/h5-14,16-17,19,22-26,28-30,32H,15,38H2,1-4H3/t16-,17+,19?,22?,23-,24?,25?,26-,28+,29+/m1/s1/i/hT. The third kappa shape index (κ3) is 7.09. The molecule has 2 N–H and O–H groups in total. The van der Waals surface area contributed by atoms with Crippen molar-refractivity contribution in [1.29, 1.82) is 0 Å². The lowest BCUT2D eigenvalue weighted by Gasteiger charge is -2.48. The van der Waals surface area contributed by atoms with Gasteiger partial charge in [-0.05, 0) is 44.0 Å². The number of nitrogens with one attached hydrogen (secondary N) is 1. The van der Waals surface area contributed by atoms with Crippen molar-refractivity contribution in [2.24, 2.45) is 11.8 Å². The van der Waals surface area contributed by atoms with Crippen LogP contribution in [0.2, 0.25) is 1.41 Å². The Hall–Kier alpha value is -1.84. The van der Waals surface area contributed by atoms with Gasteiger partial charge in [-0.1, -0.05) is 62.0 Å². The summed E-state index contributed by atoms with van der Waals surface area (Å²) in [7, 11) is 2.50. The SMILES string of the molecule is [3H]N(CP)C1[C@@H](O)[C@H](O[C@@H]2OC(C(C)=O)[C@H](C)[C@H](C)C2OC(=O)c2ccccc2)C(C)O[C@H]1Sc1ccccc1. The van der Waals surface area contributed by atoms with E-state index in [1.807, 2.05) is 50.2 Å². The van der Waals surface area contributed by atoms with Crippen molar-refractivity contribution in [1.82, 2.24) is 5.31 Å². The molecule has 0 saturated carbocycles. The van der Waals surface area contributed by atoms with Crippen molar-refractivity contribution in [2.45, 2.75) is 80.9 Å². The third-order valence-electron chi connectivity index (χ3n) is 7.41. The zero-order valence-corrected chi connectivity index (χ0v) is 24.6. The molecule has 5 unspecified atom stereocenters. The number of rotatable bonds is 9. The highest BCUT2D eigenvalue weighted by molar-refractivity contribution is 7.99. The van der Waals surface area contributed by atoms with E-state index in [1.165, 1.54) is 24.0 Å². The van der Waals surface area contributed by atoms with Crippen LogP contribution in [0.5, 0.6) is 0 Å². The van der Waals surface area contributed by atoms with Crippen LogP contribution in [0, 0.1) is 11.8 Å². The largest absolute Gasteiger partial charge is 0.453 e. The van der Waals surface area contributed by atoms with Gasteiger partial charge in [-0.25, -0.2) is 4.79 Å². The molecule has 4 rings (SSSR count). The van der Waals surface area contributed by atoms with Crippen LogP contribution in [0.3, 0.4) is 0 Å². The van der Waals surface area contributed by atoms with Gasteiger partial charge >= 0.3 is 5.97 Å². The number of aliphatic hydroxyl groups excluding tert-OH is 1. The average Bonchev–Trinajstić information content (AvgIpc) is 2.95. The minimum absolute atomic E-state index is 0.160. The summed E-state index contributed by atoms with van der Waals surface area (Å²) >= 11 is 1.43. The molecule has 0 spiro atoms. The maximum absolute atomic E-state index is 13.0. The average molecular weight is 578 g/mol. The molecule has 11 atom stereocenters. The minimum atomic E-state index is -1.14. The van der Waals surface area contributed by atoms with Gasteiger partial charge in [0.25, 0.3) is 0 Å². The Bertz CT molecular complexity index is 1130. The molecule has 2 heterocycles. The molecule has 2 aromatic rings. The lowest BCUT2D eigenvalue weighted by Crippen LogP contribution is -2.64. The maximum Gasteiger partial charge on any atom is 0.338 e. The molecule has 8 nitrogen and oxygen atoms in total. The molecule has 0 aromatic heterocycles. The lowest BCUT2D eigenvalue weighted by atomic mass is 9.82. The van der Waals surface area contributed by atoms with Gasteiger partial charge in [0.1, 0.15) is 25.2 Å². The smallest absolute Gasteiger partial charge is 0.338 e. The number of benzene rings is 2. The van der Waals surface area contributed by atoms with E-state index in [9.17, 15) is 14.7 Å². The Morgan fingerprint density at radius 1 is 1.03 bits per heavy atom. The molecule has 2 aliphatic heterocycles. The molecule has 39 heavy (non-hydrogen) atoms. The zero-order chi connectivity index (χ0) is 29.0. The predicted octanol–water partition coefficient (Wildman–Crippen LogP) is 3.87. The fourth-order valence-electron chi connectivity index (χ4n) is 5.07. The Kier molecular flexibility index (Phi) is 10.1. The molecule has 0 bridgehead atoms. The fourth-order valence-corrected chi connectivity index (χ4v) is 6.51. The van der Waals surface area contributed by atoms with Gasteiger partial charge in [-0.3, -0.25) is 4.79 Å². The summed E-state index contributed by atoms with van der Waals surface area (Å²) in [6, 6.07) is 17.6. The first-order valence-electron chi connectivity index (χ1n) is 13.6. The van der Waals surface area contributed by atoms with Crippen LogP contribution >= 0.6 is 21.0 Å². The van der Waals surface area contributed by atoms with Gasteiger partial charge in [-0.2, -0.15) is 0 Å². The fraction of sp³-hybridized carbons (Fsp3) is 0.517. The molecular weight excluding hydrogens is 537 g/mol. The molecule has 2 aliphatic rings. The highest BCUT2D eigenvalue weighted by atomic mass is 32.2.